The number of carbonyl (C=O) groups is 3. The first-order valence-corrected chi connectivity index (χ1v) is 10.1. The largest absolute Gasteiger partial charge is 0.481 e. The third kappa shape index (κ3) is 5.87. The number of aromatic amines is 1. The molecule has 0 atom stereocenters. The number of aliphatic carboxylic acids is 1. The van der Waals surface area contributed by atoms with Gasteiger partial charge in [-0.15, -0.1) is 0 Å². The summed E-state index contributed by atoms with van der Waals surface area (Å²) in [5, 5.41) is 13.6. The molecule has 178 valence electrons. The zero-order valence-electron chi connectivity index (χ0n) is 17.3. The molecule has 3 aromatic rings. The molecule has 3 rings (SSSR count). The summed E-state index contributed by atoms with van der Waals surface area (Å²) in [6.07, 6.45) is -3.08. The number of nitrogens with two attached hydrogens (primary N) is 1. The first-order chi connectivity index (χ1) is 16.0. The lowest BCUT2D eigenvalue weighted by Crippen LogP contribution is -2.20. The predicted molar refractivity (Wildman–Crippen MR) is 120 cm³/mol. The average Bonchev–Trinajstić information content (AvgIpc) is 3.18. The number of primary amides is 1. The molecule has 0 unspecified atom stereocenters. The Labute approximate surface area is 195 Å². The summed E-state index contributed by atoms with van der Waals surface area (Å²) in [4.78, 5) is 37.7. The smallest absolute Gasteiger partial charge is 0.416 e. The second-order valence-electron chi connectivity index (χ2n) is 7.17. The van der Waals surface area contributed by atoms with Crippen LogP contribution >= 0.6 is 11.6 Å². The molecule has 0 aliphatic carbocycles. The van der Waals surface area contributed by atoms with Gasteiger partial charge in [0.15, 0.2) is 0 Å². The summed E-state index contributed by atoms with van der Waals surface area (Å²) < 4.78 is 38.7. The number of aryl methyl sites for hydroxylation is 1. The molecule has 0 saturated heterocycles. The van der Waals surface area contributed by atoms with Gasteiger partial charge in [0.1, 0.15) is 5.69 Å². The Balaban J connectivity index is 1.77. The van der Waals surface area contributed by atoms with Crippen LogP contribution in [0.1, 0.15) is 28.0 Å². The van der Waals surface area contributed by atoms with E-state index < -0.39 is 29.6 Å². The zero-order chi connectivity index (χ0) is 25.0. The fraction of sp³-hybridized carbons (Fsp3) is 0.136. The first-order valence-electron chi connectivity index (χ1n) is 9.72. The van der Waals surface area contributed by atoms with Crippen molar-refractivity contribution >= 4 is 40.9 Å². The summed E-state index contributed by atoms with van der Waals surface area (Å²) >= 11 is 5.88. The van der Waals surface area contributed by atoms with Gasteiger partial charge in [0.05, 0.1) is 16.3 Å². The number of halogens is 4. The first kappa shape index (κ1) is 24.6. The van der Waals surface area contributed by atoms with Crippen molar-refractivity contribution < 1.29 is 32.7 Å². The van der Waals surface area contributed by atoms with Gasteiger partial charge >= 0.3 is 18.2 Å². The number of carbonyl (C=O) groups excluding carboxylic acids is 2. The van der Waals surface area contributed by atoms with Crippen molar-refractivity contribution in [3.05, 3.63) is 70.5 Å². The number of aromatic nitrogens is 1. The van der Waals surface area contributed by atoms with E-state index in [0.717, 1.165) is 18.2 Å². The molecular formula is C22H18ClF3N4O4. The fourth-order valence-corrected chi connectivity index (χ4v) is 3.39. The quantitative estimate of drug-likeness (QED) is 0.311. The number of rotatable bonds is 7. The number of urea groups is 1. The maximum atomic E-state index is 12.9. The highest BCUT2D eigenvalue weighted by atomic mass is 35.5. The van der Waals surface area contributed by atoms with E-state index in [-0.39, 0.29) is 29.2 Å². The van der Waals surface area contributed by atoms with Crippen molar-refractivity contribution in [1.29, 1.82) is 0 Å². The summed E-state index contributed by atoms with van der Waals surface area (Å²) in [7, 11) is 0. The number of benzene rings is 2. The molecule has 1 heterocycles. The van der Waals surface area contributed by atoms with Gasteiger partial charge in [-0.25, -0.2) is 4.79 Å². The Morgan fingerprint density at radius 1 is 1.06 bits per heavy atom. The van der Waals surface area contributed by atoms with E-state index in [4.69, 9.17) is 22.4 Å². The average molecular weight is 495 g/mol. The van der Waals surface area contributed by atoms with Crippen LogP contribution in [0.4, 0.5) is 29.3 Å². The minimum Gasteiger partial charge on any atom is -0.481 e. The highest BCUT2D eigenvalue weighted by molar-refractivity contribution is 6.33. The van der Waals surface area contributed by atoms with Crippen LogP contribution in [0.3, 0.4) is 0 Å². The molecule has 8 nitrogen and oxygen atoms in total. The highest BCUT2D eigenvalue weighted by Crippen LogP contribution is 2.34. The molecule has 2 aromatic carbocycles. The Hall–Kier alpha value is -3.99. The minimum absolute atomic E-state index is 0.0705. The summed E-state index contributed by atoms with van der Waals surface area (Å²) in [5.74, 6) is -1.73. The third-order valence-corrected chi connectivity index (χ3v) is 5.12. The number of hydrogen-bond acceptors (Lipinski definition) is 3. The van der Waals surface area contributed by atoms with Crippen LogP contribution in [-0.2, 0) is 17.4 Å². The SMILES string of the molecule is NC(=O)c1[nH]cc(CCC(=O)O)c1-c1ccc(NC(=O)Nc2cc(C(F)(F)F)ccc2Cl)cc1. The van der Waals surface area contributed by atoms with Crippen LogP contribution < -0.4 is 16.4 Å². The Kier molecular flexibility index (Phi) is 7.16. The van der Waals surface area contributed by atoms with E-state index in [1.165, 1.54) is 18.3 Å². The van der Waals surface area contributed by atoms with Gasteiger partial charge in [-0.3, -0.25) is 9.59 Å². The van der Waals surface area contributed by atoms with E-state index in [0.29, 0.717) is 22.4 Å². The van der Waals surface area contributed by atoms with Crippen LogP contribution in [0, 0.1) is 0 Å². The Bertz CT molecular complexity index is 1240. The maximum Gasteiger partial charge on any atom is 0.416 e. The standard InChI is InChI=1S/C22H18ClF3N4O4/c23-15-7-4-13(22(24,25)26)9-16(15)30-21(34)29-14-5-1-11(2-6-14)18-12(3-8-17(31)32)10-28-19(18)20(27)33/h1-2,4-7,9-10,28H,3,8H2,(H2,27,33)(H,31,32)(H2,29,30,34). The van der Waals surface area contributed by atoms with E-state index >= 15 is 0 Å². The van der Waals surface area contributed by atoms with Crippen molar-refractivity contribution in [3.8, 4) is 11.1 Å². The zero-order valence-corrected chi connectivity index (χ0v) is 18.1. The van der Waals surface area contributed by atoms with Gasteiger partial charge in [0.25, 0.3) is 5.91 Å². The lowest BCUT2D eigenvalue weighted by molar-refractivity contribution is -0.138. The summed E-state index contributed by atoms with van der Waals surface area (Å²) in [5.41, 5.74) is 6.20. The van der Waals surface area contributed by atoms with Crippen LogP contribution in [0.5, 0.6) is 0 Å². The van der Waals surface area contributed by atoms with Gasteiger partial charge in [-0.2, -0.15) is 13.2 Å². The topological polar surface area (TPSA) is 137 Å². The molecule has 34 heavy (non-hydrogen) atoms. The molecule has 0 aliphatic heterocycles. The summed E-state index contributed by atoms with van der Waals surface area (Å²) in [6.45, 7) is 0. The molecular weight excluding hydrogens is 477 g/mol. The number of alkyl halides is 3. The van der Waals surface area contributed by atoms with Crippen molar-refractivity contribution in [2.45, 2.75) is 19.0 Å². The van der Waals surface area contributed by atoms with E-state index in [1.54, 1.807) is 12.1 Å². The van der Waals surface area contributed by atoms with Gasteiger partial charge in [-0.1, -0.05) is 23.7 Å². The van der Waals surface area contributed by atoms with Gasteiger partial charge < -0.3 is 26.5 Å². The number of carboxylic acids is 1. The van der Waals surface area contributed by atoms with Crippen LogP contribution in [-0.4, -0.2) is 28.0 Å². The van der Waals surface area contributed by atoms with Crippen LogP contribution in [0.2, 0.25) is 5.02 Å². The minimum atomic E-state index is -4.60. The number of H-pyrrole nitrogens is 1. The molecule has 12 heteroatoms. The maximum absolute atomic E-state index is 12.9. The van der Waals surface area contributed by atoms with Crippen molar-refractivity contribution in [2.75, 3.05) is 10.6 Å². The molecule has 0 saturated carbocycles. The lowest BCUT2D eigenvalue weighted by atomic mass is 9.98. The Morgan fingerprint density at radius 3 is 2.32 bits per heavy atom. The second kappa shape index (κ2) is 9.87. The van der Waals surface area contributed by atoms with Crippen LogP contribution in [0.15, 0.2) is 48.7 Å². The van der Waals surface area contributed by atoms with Crippen molar-refractivity contribution in [1.82, 2.24) is 4.98 Å². The monoisotopic (exact) mass is 494 g/mol. The highest BCUT2D eigenvalue weighted by Gasteiger charge is 2.31. The predicted octanol–water partition coefficient (Wildman–Crippen LogP) is 5.11. The van der Waals surface area contributed by atoms with E-state index in [2.05, 4.69) is 15.6 Å². The van der Waals surface area contributed by atoms with E-state index in [1.807, 2.05) is 0 Å². The van der Waals surface area contributed by atoms with E-state index in [9.17, 15) is 27.6 Å². The van der Waals surface area contributed by atoms with Crippen molar-refractivity contribution in [3.63, 3.8) is 0 Å². The van der Waals surface area contributed by atoms with Gasteiger partial charge in [0.2, 0.25) is 0 Å². The number of carboxylic acid groups (broad SMARTS) is 1. The number of hydrogen-bond donors (Lipinski definition) is 5. The molecule has 6 N–H and O–H groups in total. The molecule has 0 aliphatic rings. The fourth-order valence-electron chi connectivity index (χ4n) is 3.23. The summed E-state index contributed by atoms with van der Waals surface area (Å²) in [6, 6.07) is 7.89. The molecule has 0 radical (unpaired) electrons. The number of anilines is 2. The van der Waals surface area contributed by atoms with Crippen molar-refractivity contribution in [2.24, 2.45) is 5.73 Å². The molecule has 1 aromatic heterocycles. The lowest BCUT2D eigenvalue weighted by Gasteiger charge is -2.13. The number of amides is 3. The molecule has 3 amide bonds. The molecule has 0 fully saturated rings. The third-order valence-electron chi connectivity index (χ3n) is 4.79. The molecule has 0 spiro atoms. The normalized spacial score (nSPS) is 11.2. The Morgan fingerprint density at radius 2 is 1.74 bits per heavy atom. The second-order valence-corrected chi connectivity index (χ2v) is 7.58. The molecule has 0 bridgehead atoms. The number of nitrogens with one attached hydrogen (secondary N) is 3. The van der Waals surface area contributed by atoms with Crippen LogP contribution in [0.25, 0.3) is 11.1 Å². The van der Waals surface area contributed by atoms with Gasteiger partial charge in [0, 0.05) is 23.9 Å². The van der Waals surface area contributed by atoms with Gasteiger partial charge in [-0.05, 0) is 47.9 Å².